The van der Waals surface area contributed by atoms with Crippen LogP contribution >= 0.6 is 23.2 Å². The number of sulfonamides is 1. The van der Waals surface area contributed by atoms with Gasteiger partial charge in [-0.05, 0) is 42.7 Å². The molecule has 0 saturated heterocycles. The van der Waals surface area contributed by atoms with Crippen LogP contribution < -0.4 is 14.9 Å². The summed E-state index contributed by atoms with van der Waals surface area (Å²) in [6.07, 6.45) is 2.68. The van der Waals surface area contributed by atoms with Crippen molar-refractivity contribution in [1.82, 2.24) is 0 Å². The second-order valence-electron chi connectivity index (χ2n) is 6.35. The van der Waals surface area contributed by atoms with Gasteiger partial charge in [-0.2, -0.15) is 0 Å². The van der Waals surface area contributed by atoms with Crippen LogP contribution in [0.15, 0.2) is 36.4 Å². The Labute approximate surface area is 168 Å². The monoisotopic (exact) mass is 427 g/mol. The van der Waals surface area contributed by atoms with Gasteiger partial charge in [0.05, 0.1) is 34.2 Å². The highest BCUT2D eigenvalue weighted by molar-refractivity contribution is 7.92. The number of benzene rings is 2. The van der Waals surface area contributed by atoms with Crippen LogP contribution in [0.5, 0.6) is 0 Å². The molecule has 2 aromatic rings. The van der Waals surface area contributed by atoms with Gasteiger partial charge in [-0.3, -0.25) is 9.52 Å². The number of rotatable bonds is 5. The SMILES string of the molecule is CS(=O)(=O)Nc1cccc2c1CCCN2CC(=O)Nc1cccc(Cl)c1Cl. The highest BCUT2D eigenvalue weighted by Crippen LogP contribution is 2.33. The Morgan fingerprint density at radius 1 is 1.15 bits per heavy atom. The molecule has 0 aromatic heterocycles. The van der Waals surface area contributed by atoms with Gasteiger partial charge in [-0.1, -0.05) is 35.3 Å². The Kier molecular flexibility index (Phi) is 5.83. The fourth-order valence-corrected chi connectivity index (χ4v) is 4.06. The second kappa shape index (κ2) is 7.96. The Morgan fingerprint density at radius 3 is 2.59 bits per heavy atom. The third-order valence-corrected chi connectivity index (χ3v) is 5.61. The molecule has 0 spiro atoms. The molecular weight excluding hydrogens is 409 g/mol. The van der Waals surface area contributed by atoms with Crippen LogP contribution in [0, 0.1) is 0 Å². The number of nitrogens with zero attached hydrogens (tertiary/aromatic N) is 1. The minimum absolute atomic E-state index is 0.123. The van der Waals surface area contributed by atoms with E-state index in [9.17, 15) is 13.2 Å². The molecule has 6 nitrogen and oxygen atoms in total. The molecule has 0 aliphatic carbocycles. The lowest BCUT2D eigenvalue weighted by Gasteiger charge is -2.32. The van der Waals surface area contributed by atoms with E-state index in [0.717, 1.165) is 30.3 Å². The third-order valence-electron chi connectivity index (χ3n) is 4.20. The fourth-order valence-electron chi connectivity index (χ4n) is 3.12. The third kappa shape index (κ3) is 4.86. The summed E-state index contributed by atoms with van der Waals surface area (Å²) in [4.78, 5) is 14.4. The van der Waals surface area contributed by atoms with Crippen LogP contribution in [0.2, 0.25) is 10.0 Å². The van der Waals surface area contributed by atoms with Gasteiger partial charge in [-0.15, -0.1) is 0 Å². The summed E-state index contributed by atoms with van der Waals surface area (Å²) >= 11 is 12.1. The maximum absolute atomic E-state index is 12.5. The molecule has 0 unspecified atom stereocenters. The van der Waals surface area contributed by atoms with Gasteiger partial charge >= 0.3 is 0 Å². The van der Waals surface area contributed by atoms with Crippen LogP contribution in [0.25, 0.3) is 0 Å². The first kappa shape index (κ1) is 19.8. The Bertz CT molecular complexity index is 980. The number of hydrogen-bond acceptors (Lipinski definition) is 4. The zero-order chi connectivity index (χ0) is 19.6. The molecule has 3 rings (SSSR count). The minimum atomic E-state index is -3.38. The lowest BCUT2D eigenvalue weighted by molar-refractivity contribution is -0.115. The van der Waals surface area contributed by atoms with Crippen molar-refractivity contribution in [2.75, 3.05) is 34.3 Å². The number of anilines is 3. The van der Waals surface area contributed by atoms with Crippen molar-refractivity contribution in [2.45, 2.75) is 12.8 Å². The van der Waals surface area contributed by atoms with Crippen molar-refractivity contribution in [3.8, 4) is 0 Å². The minimum Gasteiger partial charge on any atom is -0.362 e. The van der Waals surface area contributed by atoms with Crippen molar-refractivity contribution in [3.63, 3.8) is 0 Å². The molecule has 2 N–H and O–H groups in total. The number of hydrogen-bond donors (Lipinski definition) is 2. The predicted octanol–water partition coefficient (Wildman–Crippen LogP) is 3.76. The van der Waals surface area contributed by atoms with E-state index in [1.54, 1.807) is 30.3 Å². The fraction of sp³-hybridized carbons (Fsp3) is 0.278. The van der Waals surface area contributed by atoms with Crippen LogP contribution in [0.4, 0.5) is 17.1 Å². The van der Waals surface area contributed by atoms with Gasteiger partial charge in [0.1, 0.15) is 0 Å². The summed E-state index contributed by atoms with van der Waals surface area (Å²) in [5, 5.41) is 3.44. The predicted molar refractivity (Wildman–Crippen MR) is 111 cm³/mol. The molecular formula is C18H19Cl2N3O3S. The Balaban J connectivity index is 1.79. The molecule has 1 amide bonds. The quantitative estimate of drug-likeness (QED) is 0.761. The van der Waals surface area contributed by atoms with Crippen LogP contribution in [0.1, 0.15) is 12.0 Å². The molecule has 144 valence electrons. The van der Waals surface area contributed by atoms with Crippen molar-refractivity contribution >= 4 is 56.2 Å². The topological polar surface area (TPSA) is 78.5 Å². The first-order valence-electron chi connectivity index (χ1n) is 8.33. The Hall–Kier alpha value is -1.96. The zero-order valence-corrected chi connectivity index (χ0v) is 17.0. The molecule has 0 atom stereocenters. The van der Waals surface area contributed by atoms with Crippen LogP contribution in [-0.2, 0) is 21.2 Å². The van der Waals surface area contributed by atoms with Crippen molar-refractivity contribution in [1.29, 1.82) is 0 Å². The summed E-state index contributed by atoms with van der Waals surface area (Å²) in [6, 6.07) is 10.4. The van der Waals surface area contributed by atoms with E-state index in [4.69, 9.17) is 23.2 Å². The average molecular weight is 428 g/mol. The van der Waals surface area contributed by atoms with E-state index in [1.165, 1.54) is 0 Å². The van der Waals surface area contributed by atoms with Gasteiger partial charge in [0.2, 0.25) is 15.9 Å². The number of carbonyl (C=O) groups is 1. The maximum Gasteiger partial charge on any atom is 0.243 e. The number of halogens is 2. The van der Waals surface area contributed by atoms with Gasteiger partial charge in [-0.25, -0.2) is 8.42 Å². The molecule has 0 bridgehead atoms. The van der Waals surface area contributed by atoms with E-state index < -0.39 is 10.0 Å². The van der Waals surface area contributed by atoms with E-state index in [2.05, 4.69) is 10.0 Å². The lowest BCUT2D eigenvalue weighted by Crippen LogP contribution is -2.37. The maximum atomic E-state index is 12.5. The highest BCUT2D eigenvalue weighted by atomic mass is 35.5. The molecule has 1 aliphatic heterocycles. The number of nitrogens with one attached hydrogen (secondary N) is 2. The molecule has 0 fully saturated rings. The smallest absolute Gasteiger partial charge is 0.243 e. The normalized spacial score (nSPS) is 13.8. The molecule has 9 heteroatoms. The van der Waals surface area contributed by atoms with Gasteiger partial charge in [0.15, 0.2) is 0 Å². The molecule has 1 heterocycles. The standard InChI is InChI=1S/C18H19Cl2N3O3S/c1-27(25,26)22-14-7-3-9-16-12(14)5-4-10-23(16)11-17(24)21-15-8-2-6-13(19)18(15)20/h2-3,6-9,22H,4-5,10-11H2,1H3,(H,21,24). The number of amides is 1. The van der Waals surface area contributed by atoms with Gasteiger partial charge in [0, 0.05) is 12.2 Å². The van der Waals surface area contributed by atoms with E-state index in [0.29, 0.717) is 28.0 Å². The number of carbonyl (C=O) groups excluding carboxylic acids is 1. The molecule has 0 saturated carbocycles. The summed E-state index contributed by atoms with van der Waals surface area (Å²) in [5.41, 5.74) is 2.75. The number of fused-ring (bicyclic) bond motifs is 1. The lowest BCUT2D eigenvalue weighted by atomic mass is 10.00. The van der Waals surface area contributed by atoms with Crippen LogP contribution in [-0.4, -0.2) is 33.7 Å². The highest BCUT2D eigenvalue weighted by Gasteiger charge is 2.22. The van der Waals surface area contributed by atoms with Gasteiger partial charge in [0.25, 0.3) is 0 Å². The molecule has 27 heavy (non-hydrogen) atoms. The molecule has 0 radical (unpaired) electrons. The van der Waals surface area contributed by atoms with Crippen molar-refractivity contribution in [3.05, 3.63) is 52.0 Å². The Morgan fingerprint density at radius 2 is 1.85 bits per heavy atom. The first-order chi connectivity index (χ1) is 12.7. The summed E-state index contributed by atoms with van der Waals surface area (Å²) < 4.78 is 25.7. The first-order valence-corrected chi connectivity index (χ1v) is 11.0. The molecule has 2 aromatic carbocycles. The van der Waals surface area contributed by atoms with E-state index >= 15 is 0 Å². The van der Waals surface area contributed by atoms with Gasteiger partial charge < -0.3 is 10.2 Å². The summed E-state index contributed by atoms with van der Waals surface area (Å²) in [7, 11) is -3.38. The summed E-state index contributed by atoms with van der Waals surface area (Å²) in [5.74, 6) is -0.228. The largest absolute Gasteiger partial charge is 0.362 e. The second-order valence-corrected chi connectivity index (χ2v) is 8.89. The van der Waals surface area contributed by atoms with E-state index in [1.807, 2.05) is 11.0 Å². The average Bonchev–Trinajstić information content (AvgIpc) is 2.58. The zero-order valence-electron chi connectivity index (χ0n) is 14.6. The van der Waals surface area contributed by atoms with Crippen molar-refractivity contribution < 1.29 is 13.2 Å². The van der Waals surface area contributed by atoms with E-state index in [-0.39, 0.29) is 12.5 Å². The van der Waals surface area contributed by atoms with Crippen LogP contribution in [0.3, 0.4) is 0 Å². The summed E-state index contributed by atoms with van der Waals surface area (Å²) in [6.45, 7) is 0.824. The molecule has 1 aliphatic rings. The van der Waals surface area contributed by atoms with Crippen molar-refractivity contribution in [2.24, 2.45) is 0 Å².